The Bertz CT molecular complexity index is 871. The number of benzene rings is 1. The number of rotatable bonds is 6. The van der Waals surface area contributed by atoms with Crippen LogP contribution in [0.25, 0.3) is 0 Å². The molecule has 2 aliphatic heterocycles. The zero-order valence-electron chi connectivity index (χ0n) is 18.7. The molecule has 4 rings (SSSR count). The van der Waals surface area contributed by atoms with Crippen molar-refractivity contribution in [3.05, 3.63) is 65.9 Å². The second-order valence-corrected chi connectivity index (χ2v) is 8.34. The molecule has 0 atom stereocenters. The molecular weight excluding hydrogens is 384 g/mol. The van der Waals surface area contributed by atoms with E-state index >= 15 is 0 Å². The number of guanidine groups is 1. The van der Waals surface area contributed by atoms with E-state index in [0.717, 1.165) is 57.3 Å². The highest BCUT2D eigenvalue weighted by atomic mass is 15.2. The number of anilines is 2. The molecule has 31 heavy (non-hydrogen) atoms. The summed E-state index contributed by atoms with van der Waals surface area (Å²) in [6.07, 6.45) is 8.55. The molecule has 0 radical (unpaired) electrons. The van der Waals surface area contributed by atoms with E-state index < -0.39 is 0 Å². The number of aromatic nitrogens is 1. The van der Waals surface area contributed by atoms with E-state index in [1.165, 1.54) is 16.8 Å². The van der Waals surface area contributed by atoms with Gasteiger partial charge >= 0.3 is 0 Å². The van der Waals surface area contributed by atoms with Crippen LogP contribution in [0.3, 0.4) is 0 Å². The van der Waals surface area contributed by atoms with Gasteiger partial charge in [-0.2, -0.15) is 0 Å². The van der Waals surface area contributed by atoms with Gasteiger partial charge in [-0.15, -0.1) is 0 Å². The number of nitrogens with zero attached hydrogens (tertiary/aromatic N) is 4. The van der Waals surface area contributed by atoms with Crippen LogP contribution in [0, 0.1) is 6.92 Å². The highest BCUT2D eigenvalue weighted by molar-refractivity contribution is 5.80. The molecule has 0 amide bonds. The normalized spacial score (nSPS) is 17.3. The predicted molar refractivity (Wildman–Crippen MR) is 130 cm³/mol. The topological polar surface area (TPSA) is 55.8 Å². The summed E-state index contributed by atoms with van der Waals surface area (Å²) in [6.45, 7) is 9.77. The van der Waals surface area contributed by atoms with Crippen LogP contribution in [0.15, 0.2) is 59.7 Å². The summed E-state index contributed by atoms with van der Waals surface area (Å²) in [5.41, 5.74) is 3.71. The summed E-state index contributed by atoms with van der Waals surface area (Å²) in [6, 6.07) is 13.5. The molecule has 1 saturated heterocycles. The lowest BCUT2D eigenvalue weighted by Gasteiger charge is -2.33. The summed E-state index contributed by atoms with van der Waals surface area (Å²) < 4.78 is 0. The number of hydrogen-bond donors (Lipinski definition) is 2. The second kappa shape index (κ2) is 10.3. The van der Waals surface area contributed by atoms with Gasteiger partial charge in [0.2, 0.25) is 0 Å². The van der Waals surface area contributed by atoms with Crippen molar-refractivity contribution in [2.24, 2.45) is 4.99 Å². The molecule has 2 aromatic rings. The molecule has 2 aliphatic rings. The molecule has 0 spiro atoms. The van der Waals surface area contributed by atoms with Gasteiger partial charge in [-0.3, -0.25) is 0 Å². The maximum absolute atomic E-state index is 4.83. The SMILES string of the molecule is CCNC(=NCc1ccc(N2CC=CC2)cc1)NC1CCN(c2ccc(C)cn2)CC1. The molecule has 6 heteroatoms. The Balaban J connectivity index is 1.29. The van der Waals surface area contributed by atoms with Crippen molar-refractivity contribution in [2.75, 3.05) is 42.5 Å². The average molecular weight is 419 g/mol. The molecule has 164 valence electrons. The molecule has 1 aromatic carbocycles. The molecule has 2 N–H and O–H groups in total. The van der Waals surface area contributed by atoms with Crippen molar-refractivity contribution in [3.63, 3.8) is 0 Å². The Morgan fingerprint density at radius 3 is 2.42 bits per heavy atom. The lowest BCUT2D eigenvalue weighted by atomic mass is 10.1. The Kier molecular flexibility index (Phi) is 7.07. The summed E-state index contributed by atoms with van der Waals surface area (Å²) >= 11 is 0. The van der Waals surface area contributed by atoms with Crippen LogP contribution < -0.4 is 20.4 Å². The zero-order valence-corrected chi connectivity index (χ0v) is 18.7. The van der Waals surface area contributed by atoms with Gasteiger partial charge in [0.05, 0.1) is 6.54 Å². The Labute approximate surface area is 186 Å². The fourth-order valence-electron chi connectivity index (χ4n) is 4.08. The standard InChI is InChI=1S/C25H34N6/c1-3-26-25(28-19-21-7-9-23(10-8-21)30-14-4-5-15-30)29-22-12-16-31(17-13-22)24-11-6-20(2)18-27-24/h4-11,18,22H,3,12-17,19H2,1-2H3,(H2,26,28,29). The third kappa shape index (κ3) is 5.78. The number of pyridine rings is 1. The summed E-state index contributed by atoms with van der Waals surface area (Å²) in [5.74, 6) is 1.99. The Morgan fingerprint density at radius 2 is 1.77 bits per heavy atom. The molecule has 6 nitrogen and oxygen atoms in total. The van der Waals surface area contributed by atoms with E-state index in [-0.39, 0.29) is 0 Å². The minimum atomic E-state index is 0.435. The van der Waals surface area contributed by atoms with E-state index in [0.29, 0.717) is 12.6 Å². The van der Waals surface area contributed by atoms with Gasteiger partial charge in [0, 0.05) is 50.6 Å². The van der Waals surface area contributed by atoms with E-state index in [9.17, 15) is 0 Å². The van der Waals surface area contributed by atoms with E-state index in [4.69, 9.17) is 4.99 Å². The first kappa shape index (κ1) is 21.2. The number of aliphatic imine (C=N–C) groups is 1. The average Bonchev–Trinajstić information content (AvgIpc) is 3.34. The number of hydrogen-bond acceptors (Lipinski definition) is 4. The fraction of sp³-hybridized carbons (Fsp3) is 0.440. The summed E-state index contributed by atoms with van der Waals surface area (Å²) in [4.78, 5) is 14.1. The molecule has 1 fully saturated rings. The third-order valence-corrected chi connectivity index (χ3v) is 5.94. The lowest BCUT2D eigenvalue weighted by Crippen LogP contribution is -2.48. The van der Waals surface area contributed by atoms with E-state index in [2.05, 4.69) is 87.8 Å². The summed E-state index contributed by atoms with van der Waals surface area (Å²) in [7, 11) is 0. The van der Waals surface area contributed by atoms with Gasteiger partial charge in [0.1, 0.15) is 5.82 Å². The Hall–Kier alpha value is -3.02. The zero-order chi connectivity index (χ0) is 21.5. The number of nitrogens with one attached hydrogen (secondary N) is 2. The van der Waals surface area contributed by atoms with Crippen LogP contribution in [0.4, 0.5) is 11.5 Å². The van der Waals surface area contributed by atoms with Gasteiger partial charge in [-0.25, -0.2) is 9.98 Å². The minimum Gasteiger partial charge on any atom is -0.364 e. The highest BCUT2D eigenvalue weighted by Gasteiger charge is 2.20. The van der Waals surface area contributed by atoms with Crippen molar-refractivity contribution < 1.29 is 0 Å². The molecule has 0 saturated carbocycles. The van der Waals surface area contributed by atoms with Crippen LogP contribution in [-0.2, 0) is 6.54 Å². The second-order valence-electron chi connectivity index (χ2n) is 8.34. The quantitative estimate of drug-likeness (QED) is 0.427. The van der Waals surface area contributed by atoms with Crippen LogP contribution in [0.5, 0.6) is 0 Å². The monoisotopic (exact) mass is 418 g/mol. The highest BCUT2D eigenvalue weighted by Crippen LogP contribution is 2.19. The lowest BCUT2D eigenvalue weighted by molar-refractivity contribution is 0.459. The van der Waals surface area contributed by atoms with Crippen LogP contribution in [0.2, 0.25) is 0 Å². The van der Waals surface area contributed by atoms with Crippen molar-refractivity contribution in [1.82, 2.24) is 15.6 Å². The first-order chi connectivity index (χ1) is 15.2. The van der Waals surface area contributed by atoms with Gasteiger partial charge < -0.3 is 20.4 Å². The van der Waals surface area contributed by atoms with Crippen molar-refractivity contribution in [2.45, 2.75) is 39.3 Å². The van der Waals surface area contributed by atoms with Gasteiger partial charge in [0.15, 0.2) is 5.96 Å². The van der Waals surface area contributed by atoms with Crippen molar-refractivity contribution in [3.8, 4) is 0 Å². The van der Waals surface area contributed by atoms with Crippen LogP contribution in [-0.4, -0.2) is 49.7 Å². The molecular formula is C25H34N6. The van der Waals surface area contributed by atoms with Gasteiger partial charge in [0.25, 0.3) is 0 Å². The largest absolute Gasteiger partial charge is 0.364 e. The number of piperidine rings is 1. The van der Waals surface area contributed by atoms with Crippen LogP contribution >= 0.6 is 0 Å². The summed E-state index contributed by atoms with van der Waals surface area (Å²) in [5, 5.41) is 7.04. The Morgan fingerprint density at radius 1 is 1.03 bits per heavy atom. The first-order valence-corrected chi connectivity index (χ1v) is 11.4. The predicted octanol–water partition coefficient (Wildman–Crippen LogP) is 3.49. The van der Waals surface area contributed by atoms with Gasteiger partial charge in [-0.1, -0.05) is 30.4 Å². The van der Waals surface area contributed by atoms with Gasteiger partial charge in [-0.05, 0) is 56.0 Å². The third-order valence-electron chi connectivity index (χ3n) is 5.94. The minimum absolute atomic E-state index is 0.435. The van der Waals surface area contributed by atoms with Crippen molar-refractivity contribution >= 4 is 17.5 Å². The molecule has 3 heterocycles. The van der Waals surface area contributed by atoms with Crippen LogP contribution in [0.1, 0.15) is 30.9 Å². The molecule has 0 aliphatic carbocycles. The maximum atomic E-state index is 4.83. The van der Waals surface area contributed by atoms with E-state index in [1.807, 2.05) is 6.20 Å². The van der Waals surface area contributed by atoms with Crippen molar-refractivity contribution in [1.29, 1.82) is 0 Å². The molecule has 1 aromatic heterocycles. The first-order valence-electron chi connectivity index (χ1n) is 11.4. The fourth-order valence-corrected chi connectivity index (χ4v) is 4.08. The maximum Gasteiger partial charge on any atom is 0.191 e. The molecule has 0 unspecified atom stereocenters. The molecule has 0 bridgehead atoms. The number of aryl methyl sites for hydroxylation is 1. The smallest absolute Gasteiger partial charge is 0.191 e. The van der Waals surface area contributed by atoms with E-state index in [1.54, 1.807) is 0 Å².